The number of alkyl halides is 3. The number of carboxylic acid groups (broad SMARTS) is 1. The summed E-state index contributed by atoms with van der Waals surface area (Å²) in [5.74, 6) is -1.15. The maximum Gasteiger partial charge on any atom is 0.418 e. The smallest absolute Gasteiger partial charge is 0.418 e. The molecule has 134 valence electrons. The number of hydrogen-bond acceptors (Lipinski definition) is 3. The van der Waals surface area contributed by atoms with Crippen LogP contribution in [0, 0.1) is 6.92 Å². The summed E-state index contributed by atoms with van der Waals surface area (Å²) < 4.78 is 40.4. The fourth-order valence-corrected chi connectivity index (χ4v) is 2.60. The fourth-order valence-electron chi connectivity index (χ4n) is 2.60. The number of aliphatic carboxylic acids is 1. The summed E-state index contributed by atoms with van der Waals surface area (Å²) in [5, 5.41) is 8.81. The number of nitrogens with two attached hydrogens (primary N) is 1. The minimum atomic E-state index is -4.57. The largest absolute Gasteiger partial charge is 0.480 e. The molecule has 1 atom stereocenters. The molecule has 2 rings (SSSR count). The molecule has 0 saturated carbocycles. The Morgan fingerprint density at radius 2 is 1.84 bits per heavy atom. The lowest BCUT2D eigenvalue weighted by atomic mass is 9.96. The molecule has 3 N–H and O–H groups in total. The Morgan fingerprint density at radius 3 is 2.32 bits per heavy atom. The molecule has 0 amide bonds. The van der Waals surface area contributed by atoms with Gasteiger partial charge in [-0.1, -0.05) is 24.3 Å². The first-order valence-electron chi connectivity index (χ1n) is 7.37. The number of nitrogens with zero attached hydrogens (tertiary/aromatic N) is 1. The summed E-state index contributed by atoms with van der Waals surface area (Å²) in [5.41, 5.74) is 4.80. The molecule has 25 heavy (non-hydrogen) atoms. The van der Waals surface area contributed by atoms with Crippen LogP contribution in [-0.2, 0) is 24.4 Å². The van der Waals surface area contributed by atoms with E-state index in [2.05, 4.69) is 0 Å². The maximum absolute atomic E-state index is 13.2. The molecule has 0 aliphatic rings. The maximum atomic E-state index is 13.2. The second-order valence-electron chi connectivity index (χ2n) is 5.80. The lowest BCUT2D eigenvalue weighted by molar-refractivity contribution is -0.139. The van der Waals surface area contributed by atoms with Crippen LogP contribution in [-0.4, -0.2) is 21.7 Å². The number of pyridine rings is 1. The molecule has 0 aliphatic heterocycles. The Morgan fingerprint density at radius 1 is 1.28 bits per heavy atom. The zero-order valence-electron chi connectivity index (χ0n) is 13.6. The molecule has 0 saturated heterocycles. The van der Waals surface area contributed by atoms with Gasteiger partial charge in [0.1, 0.15) is 6.04 Å². The highest BCUT2D eigenvalue weighted by atomic mass is 19.4. The zero-order valence-corrected chi connectivity index (χ0v) is 13.6. The van der Waals surface area contributed by atoms with E-state index in [0.29, 0.717) is 11.1 Å². The Bertz CT molecular complexity index is 855. The van der Waals surface area contributed by atoms with E-state index in [9.17, 15) is 22.8 Å². The van der Waals surface area contributed by atoms with Gasteiger partial charge in [0, 0.05) is 13.2 Å². The van der Waals surface area contributed by atoms with Crippen molar-refractivity contribution in [3.63, 3.8) is 0 Å². The zero-order chi connectivity index (χ0) is 18.9. The quantitative estimate of drug-likeness (QED) is 0.882. The minimum Gasteiger partial charge on any atom is -0.480 e. The average molecular weight is 354 g/mol. The third-order valence-electron chi connectivity index (χ3n) is 3.96. The van der Waals surface area contributed by atoms with Crippen LogP contribution >= 0.6 is 0 Å². The van der Waals surface area contributed by atoms with Crippen molar-refractivity contribution in [2.75, 3.05) is 0 Å². The molecule has 0 spiro atoms. The van der Waals surface area contributed by atoms with Crippen molar-refractivity contribution < 1.29 is 23.1 Å². The van der Waals surface area contributed by atoms with Gasteiger partial charge in [-0.05, 0) is 30.0 Å². The number of hydrogen-bond donors (Lipinski definition) is 2. The predicted molar refractivity (Wildman–Crippen MR) is 86.2 cm³/mol. The molecule has 1 aromatic heterocycles. The summed E-state index contributed by atoms with van der Waals surface area (Å²) >= 11 is 0. The van der Waals surface area contributed by atoms with Crippen LogP contribution in [0.15, 0.2) is 35.3 Å². The molecular weight excluding hydrogens is 337 g/mol. The lowest BCUT2D eigenvalue weighted by Crippen LogP contribution is -2.32. The van der Waals surface area contributed by atoms with E-state index in [4.69, 9.17) is 10.8 Å². The molecule has 0 fully saturated rings. The summed E-state index contributed by atoms with van der Waals surface area (Å²) in [6, 6.07) is 5.02. The minimum absolute atomic E-state index is 0.0357. The summed E-state index contributed by atoms with van der Waals surface area (Å²) in [7, 11) is 1.26. The van der Waals surface area contributed by atoms with Crippen LogP contribution in [0.2, 0.25) is 0 Å². The highest BCUT2D eigenvalue weighted by molar-refractivity contribution is 5.73. The summed E-state index contributed by atoms with van der Waals surface area (Å²) in [6.07, 6.45) is -3.71. The van der Waals surface area contributed by atoms with Crippen LogP contribution < -0.4 is 11.3 Å². The SMILES string of the molecule is Cc1c(C(F)(F)F)cn(C)c(=O)c1-c1ccc(CC(N)C(=O)O)cc1. The number of halogens is 3. The number of carboxylic acids is 1. The number of aryl methyl sites for hydroxylation is 1. The molecule has 0 bridgehead atoms. The van der Waals surface area contributed by atoms with Gasteiger partial charge in [-0.15, -0.1) is 0 Å². The Labute approximate surface area is 141 Å². The second-order valence-corrected chi connectivity index (χ2v) is 5.80. The van der Waals surface area contributed by atoms with Crippen LogP contribution in [0.5, 0.6) is 0 Å². The van der Waals surface area contributed by atoms with Gasteiger partial charge in [0.05, 0.1) is 11.1 Å². The number of carbonyl (C=O) groups is 1. The van der Waals surface area contributed by atoms with Crippen LogP contribution in [0.3, 0.4) is 0 Å². The van der Waals surface area contributed by atoms with Gasteiger partial charge in [-0.25, -0.2) is 0 Å². The molecule has 2 aromatic rings. The van der Waals surface area contributed by atoms with E-state index in [0.717, 1.165) is 10.8 Å². The van der Waals surface area contributed by atoms with E-state index in [1.807, 2.05) is 0 Å². The molecule has 1 aromatic carbocycles. The van der Waals surface area contributed by atoms with E-state index >= 15 is 0 Å². The average Bonchev–Trinajstić information content (AvgIpc) is 2.51. The number of rotatable bonds is 4. The highest BCUT2D eigenvalue weighted by Crippen LogP contribution is 2.34. The molecule has 0 radical (unpaired) electrons. The van der Waals surface area contributed by atoms with Crippen LogP contribution in [0.1, 0.15) is 16.7 Å². The van der Waals surface area contributed by atoms with E-state index < -0.39 is 29.3 Å². The molecule has 8 heteroatoms. The topological polar surface area (TPSA) is 85.3 Å². The van der Waals surface area contributed by atoms with E-state index in [1.165, 1.54) is 26.1 Å². The molecular formula is C17H17F3N2O3. The number of aromatic nitrogens is 1. The first kappa shape index (κ1) is 18.7. The van der Waals surface area contributed by atoms with Crippen molar-refractivity contribution in [2.45, 2.75) is 25.6 Å². The fraction of sp³-hybridized carbons (Fsp3) is 0.294. The summed E-state index contributed by atoms with van der Waals surface area (Å²) in [4.78, 5) is 23.1. The predicted octanol–water partition coefficient (Wildman–Crippen LogP) is 2.33. The van der Waals surface area contributed by atoms with Crippen molar-refractivity contribution in [2.24, 2.45) is 12.8 Å². The van der Waals surface area contributed by atoms with Gasteiger partial charge in [0.25, 0.3) is 5.56 Å². The Balaban J connectivity index is 2.50. The van der Waals surface area contributed by atoms with Crippen molar-refractivity contribution in [1.29, 1.82) is 0 Å². The number of benzene rings is 1. The van der Waals surface area contributed by atoms with Crippen molar-refractivity contribution >= 4 is 5.97 Å². The normalized spacial score (nSPS) is 12.9. The van der Waals surface area contributed by atoms with Gasteiger partial charge < -0.3 is 15.4 Å². The second kappa shape index (κ2) is 6.72. The van der Waals surface area contributed by atoms with Gasteiger partial charge in [-0.3, -0.25) is 9.59 Å². The van der Waals surface area contributed by atoms with E-state index in [-0.39, 0.29) is 17.5 Å². The van der Waals surface area contributed by atoms with Crippen molar-refractivity contribution in [3.05, 3.63) is 57.5 Å². The van der Waals surface area contributed by atoms with Crippen LogP contribution in [0.25, 0.3) is 11.1 Å². The van der Waals surface area contributed by atoms with Gasteiger partial charge >= 0.3 is 12.1 Å². The molecule has 0 aliphatic carbocycles. The first-order chi connectivity index (χ1) is 11.5. The molecule has 1 heterocycles. The Kier molecular flexibility index (Phi) is 5.03. The van der Waals surface area contributed by atoms with Gasteiger partial charge in [0.2, 0.25) is 0 Å². The third-order valence-corrected chi connectivity index (χ3v) is 3.96. The van der Waals surface area contributed by atoms with Gasteiger partial charge in [-0.2, -0.15) is 13.2 Å². The first-order valence-corrected chi connectivity index (χ1v) is 7.37. The van der Waals surface area contributed by atoms with Crippen LogP contribution in [0.4, 0.5) is 13.2 Å². The Hall–Kier alpha value is -2.61. The molecule has 5 nitrogen and oxygen atoms in total. The monoisotopic (exact) mass is 354 g/mol. The lowest BCUT2D eigenvalue weighted by Gasteiger charge is -2.16. The standard InChI is InChI=1S/C17H17F3N2O3/c1-9-12(17(18,19)20)8-22(2)15(23)14(9)11-5-3-10(4-6-11)7-13(21)16(24)25/h3-6,8,13H,7,21H2,1-2H3,(H,24,25). The molecule has 1 unspecified atom stereocenters. The van der Waals surface area contributed by atoms with Crippen molar-refractivity contribution in [1.82, 2.24) is 4.57 Å². The van der Waals surface area contributed by atoms with Crippen molar-refractivity contribution in [3.8, 4) is 11.1 Å². The third kappa shape index (κ3) is 3.90. The summed E-state index contributed by atoms with van der Waals surface area (Å²) in [6.45, 7) is 1.26. The highest BCUT2D eigenvalue weighted by Gasteiger charge is 2.34. The van der Waals surface area contributed by atoms with E-state index in [1.54, 1.807) is 12.1 Å². The van der Waals surface area contributed by atoms with Gasteiger partial charge in [0.15, 0.2) is 0 Å².